The minimum Gasteiger partial charge on any atom is -0.489 e. The Morgan fingerprint density at radius 2 is 1.82 bits per heavy atom. The molecule has 1 saturated heterocycles. The lowest BCUT2D eigenvalue weighted by Crippen LogP contribution is -2.27. The van der Waals surface area contributed by atoms with E-state index < -0.39 is 17.0 Å². The number of imide groups is 1. The highest BCUT2D eigenvalue weighted by Gasteiger charge is 2.35. The number of amides is 2. The lowest BCUT2D eigenvalue weighted by atomic mass is 10.2. The zero-order chi connectivity index (χ0) is 23.7. The molecular formula is C25H17ClFNO5S. The Morgan fingerprint density at radius 1 is 1.03 bits per heavy atom. The van der Waals surface area contributed by atoms with Crippen LogP contribution in [0.4, 0.5) is 9.18 Å². The van der Waals surface area contributed by atoms with Gasteiger partial charge in [-0.1, -0.05) is 35.9 Å². The van der Waals surface area contributed by atoms with Gasteiger partial charge < -0.3 is 14.2 Å². The van der Waals surface area contributed by atoms with Gasteiger partial charge in [-0.25, -0.2) is 4.39 Å². The number of halogens is 2. The van der Waals surface area contributed by atoms with Crippen molar-refractivity contribution in [3.63, 3.8) is 0 Å². The van der Waals surface area contributed by atoms with Crippen molar-refractivity contribution < 1.29 is 28.2 Å². The van der Waals surface area contributed by atoms with E-state index in [2.05, 4.69) is 0 Å². The molecule has 0 spiro atoms. The fourth-order valence-corrected chi connectivity index (χ4v) is 4.53. The van der Waals surface area contributed by atoms with Crippen LogP contribution >= 0.6 is 23.4 Å². The van der Waals surface area contributed by atoms with Crippen LogP contribution in [0.1, 0.15) is 16.7 Å². The molecule has 0 aromatic heterocycles. The first kappa shape index (κ1) is 22.3. The third-order valence-electron chi connectivity index (χ3n) is 5.24. The molecule has 172 valence electrons. The molecule has 2 heterocycles. The quantitative estimate of drug-likeness (QED) is 0.388. The number of rotatable bonds is 6. The maximum absolute atomic E-state index is 13.3. The Balaban J connectivity index is 1.23. The normalized spacial score (nSPS) is 15.9. The van der Waals surface area contributed by atoms with Gasteiger partial charge in [-0.15, -0.1) is 0 Å². The van der Waals surface area contributed by atoms with Crippen molar-refractivity contribution in [3.05, 3.63) is 93.1 Å². The summed E-state index contributed by atoms with van der Waals surface area (Å²) in [7, 11) is 0. The van der Waals surface area contributed by atoms with E-state index in [-0.39, 0.29) is 18.4 Å². The topological polar surface area (TPSA) is 65.1 Å². The number of carbonyl (C=O) groups excluding carboxylic acids is 2. The number of ether oxygens (including phenoxy) is 3. The molecule has 0 saturated carbocycles. The molecule has 0 aliphatic carbocycles. The lowest BCUT2D eigenvalue weighted by Gasteiger charge is -2.13. The summed E-state index contributed by atoms with van der Waals surface area (Å²) in [6, 6.07) is 16.7. The maximum atomic E-state index is 13.3. The van der Waals surface area contributed by atoms with Gasteiger partial charge in [-0.3, -0.25) is 14.5 Å². The third-order valence-corrected chi connectivity index (χ3v) is 6.50. The summed E-state index contributed by atoms with van der Waals surface area (Å²) in [6.07, 6.45) is 1.65. The number of nitrogens with zero attached hydrogens (tertiary/aromatic N) is 1. The monoisotopic (exact) mass is 497 g/mol. The first-order valence-corrected chi connectivity index (χ1v) is 11.5. The van der Waals surface area contributed by atoms with Gasteiger partial charge in [-0.2, -0.15) is 0 Å². The fraction of sp³-hybridized carbons (Fsp3) is 0.120. The Hall–Kier alpha value is -3.49. The summed E-state index contributed by atoms with van der Waals surface area (Å²) in [5.74, 6) is 1.18. The number of hydrogen-bond donors (Lipinski definition) is 0. The zero-order valence-corrected chi connectivity index (χ0v) is 19.2. The maximum Gasteiger partial charge on any atom is 0.293 e. The van der Waals surface area contributed by atoms with Gasteiger partial charge >= 0.3 is 0 Å². The van der Waals surface area contributed by atoms with Crippen molar-refractivity contribution in [3.8, 4) is 17.2 Å². The highest BCUT2D eigenvalue weighted by molar-refractivity contribution is 8.18. The van der Waals surface area contributed by atoms with Gasteiger partial charge in [0.05, 0.1) is 11.4 Å². The third kappa shape index (κ3) is 4.73. The van der Waals surface area contributed by atoms with Crippen LogP contribution in [0.25, 0.3) is 6.08 Å². The van der Waals surface area contributed by atoms with Crippen molar-refractivity contribution >= 4 is 40.6 Å². The number of carbonyl (C=O) groups is 2. The zero-order valence-electron chi connectivity index (χ0n) is 17.6. The van der Waals surface area contributed by atoms with Gasteiger partial charge in [0.25, 0.3) is 11.1 Å². The van der Waals surface area contributed by atoms with Crippen molar-refractivity contribution in [2.24, 2.45) is 0 Å². The van der Waals surface area contributed by atoms with Crippen LogP contribution < -0.4 is 14.2 Å². The van der Waals surface area contributed by atoms with E-state index in [0.717, 1.165) is 39.6 Å². The molecule has 2 aliphatic heterocycles. The molecule has 0 radical (unpaired) electrons. The molecule has 2 amide bonds. The average molecular weight is 498 g/mol. The number of hydrogen-bond acceptors (Lipinski definition) is 6. The second-order valence-corrected chi connectivity index (χ2v) is 8.95. The summed E-state index contributed by atoms with van der Waals surface area (Å²) in [4.78, 5) is 26.5. The Morgan fingerprint density at radius 3 is 2.62 bits per heavy atom. The first-order valence-electron chi connectivity index (χ1n) is 10.3. The van der Waals surface area contributed by atoms with Gasteiger partial charge in [0.2, 0.25) is 6.79 Å². The van der Waals surface area contributed by atoms with Crippen LogP contribution in [0.15, 0.2) is 65.6 Å². The molecule has 3 aromatic carbocycles. The standard InChI is InChI=1S/C25H17ClFNO5S/c26-20-11-18(27)5-4-17(20)12-28-24(29)23(34-25(28)30)10-15-1-6-19(7-2-15)31-13-16-3-8-21-22(9-16)33-14-32-21/h1-11H,12-14H2. The Bertz CT molecular complexity index is 1310. The van der Waals surface area contributed by atoms with E-state index in [4.69, 9.17) is 25.8 Å². The van der Waals surface area contributed by atoms with E-state index in [1.165, 1.54) is 12.1 Å². The van der Waals surface area contributed by atoms with Crippen molar-refractivity contribution in [1.82, 2.24) is 4.90 Å². The van der Waals surface area contributed by atoms with Crippen LogP contribution in [0, 0.1) is 5.82 Å². The molecular weight excluding hydrogens is 481 g/mol. The predicted molar refractivity (Wildman–Crippen MR) is 126 cm³/mol. The lowest BCUT2D eigenvalue weighted by molar-refractivity contribution is -0.123. The molecule has 5 rings (SSSR count). The second-order valence-electron chi connectivity index (χ2n) is 7.55. The molecule has 2 aliphatic rings. The largest absolute Gasteiger partial charge is 0.489 e. The Kier molecular flexibility index (Phi) is 6.17. The van der Waals surface area contributed by atoms with E-state index in [1.807, 2.05) is 18.2 Å². The molecule has 34 heavy (non-hydrogen) atoms. The van der Waals surface area contributed by atoms with Crippen molar-refractivity contribution in [1.29, 1.82) is 0 Å². The fourth-order valence-electron chi connectivity index (χ4n) is 3.47. The summed E-state index contributed by atoms with van der Waals surface area (Å²) in [6.45, 7) is 0.565. The van der Waals surface area contributed by atoms with Crippen LogP contribution in [0.2, 0.25) is 5.02 Å². The minimum atomic E-state index is -0.480. The predicted octanol–water partition coefficient (Wildman–Crippen LogP) is 6.02. The second kappa shape index (κ2) is 9.40. The molecule has 3 aromatic rings. The van der Waals surface area contributed by atoms with E-state index >= 15 is 0 Å². The molecule has 0 atom stereocenters. The molecule has 6 nitrogen and oxygen atoms in total. The molecule has 0 unspecified atom stereocenters. The number of benzene rings is 3. The van der Waals surface area contributed by atoms with E-state index in [0.29, 0.717) is 28.6 Å². The van der Waals surface area contributed by atoms with Crippen molar-refractivity contribution in [2.45, 2.75) is 13.2 Å². The van der Waals surface area contributed by atoms with Crippen LogP contribution in [0.3, 0.4) is 0 Å². The molecule has 0 N–H and O–H groups in total. The summed E-state index contributed by atoms with van der Waals surface area (Å²) in [5.41, 5.74) is 2.19. The summed E-state index contributed by atoms with van der Waals surface area (Å²) in [5, 5.41) is -0.236. The van der Waals surface area contributed by atoms with E-state index in [9.17, 15) is 14.0 Å². The molecule has 0 bridgehead atoms. The smallest absolute Gasteiger partial charge is 0.293 e. The number of thioether (sulfide) groups is 1. The average Bonchev–Trinajstić information content (AvgIpc) is 3.39. The van der Waals surface area contributed by atoms with E-state index in [1.54, 1.807) is 30.3 Å². The van der Waals surface area contributed by atoms with Gasteiger partial charge in [0.1, 0.15) is 18.2 Å². The van der Waals surface area contributed by atoms with Crippen LogP contribution in [0.5, 0.6) is 17.2 Å². The SMILES string of the molecule is O=C1SC(=Cc2ccc(OCc3ccc4c(c3)OCO4)cc2)C(=O)N1Cc1ccc(F)cc1Cl. The van der Waals surface area contributed by atoms with Crippen molar-refractivity contribution in [2.75, 3.05) is 6.79 Å². The van der Waals surface area contributed by atoms with Gasteiger partial charge in [0, 0.05) is 5.02 Å². The highest BCUT2D eigenvalue weighted by Crippen LogP contribution is 2.35. The van der Waals surface area contributed by atoms with Gasteiger partial charge in [0.15, 0.2) is 11.5 Å². The molecule has 1 fully saturated rings. The van der Waals surface area contributed by atoms with Crippen LogP contribution in [-0.2, 0) is 17.9 Å². The minimum absolute atomic E-state index is 0.0201. The molecule has 9 heteroatoms. The first-order chi connectivity index (χ1) is 16.5. The highest BCUT2D eigenvalue weighted by atomic mass is 35.5. The number of fused-ring (bicyclic) bond motifs is 1. The van der Waals surface area contributed by atoms with Gasteiger partial charge in [-0.05, 0) is 70.9 Å². The summed E-state index contributed by atoms with van der Waals surface area (Å²) < 4.78 is 29.8. The summed E-state index contributed by atoms with van der Waals surface area (Å²) >= 11 is 6.89. The van der Waals surface area contributed by atoms with Crippen LogP contribution in [-0.4, -0.2) is 22.8 Å². The Labute approximate surface area is 203 Å².